The van der Waals surface area contributed by atoms with E-state index < -0.39 is 5.97 Å². The number of nitrogens with zero attached hydrogens (tertiary/aromatic N) is 1. The maximum atomic E-state index is 13.0. The van der Waals surface area contributed by atoms with Gasteiger partial charge < -0.3 is 9.67 Å². The van der Waals surface area contributed by atoms with Crippen LogP contribution in [0.3, 0.4) is 0 Å². The van der Waals surface area contributed by atoms with Gasteiger partial charge in [-0.25, -0.2) is 4.39 Å². The van der Waals surface area contributed by atoms with Crippen LogP contribution in [0, 0.1) is 5.82 Å². The number of carboxylic acid groups (broad SMARTS) is 1. The topological polar surface area (TPSA) is 42.2 Å². The molecule has 0 aliphatic carbocycles. The molecule has 2 aromatic rings. The first-order valence-corrected chi connectivity index (χ1v) is 5.02. The Morgan fingerprint density at radius 2 is 2.25 bits per heavy atom. The molecule has 1 aromatic heterocycles. The van der Waals surface area contributed by atoms with Crippen molar-refractivity contribution < 1.29 is 14.3 Å². The van der Waals surface area contributed by atoms with Gasteiger partial charge in [-0.3, -0.25) is 4.79 Å². The van der Waals surface area contributed by atoms with Gasteiger partial charge in [0.05, 0.1) is 11.9 Å². The van der Waals surface area contributed by atoms with Crippen LogP contribution < -0.4 is 0 Å². The third-order valence-corrected chi connectivity index (χ3v) is 3.00. The molecule has 3 nitrogen and oxygen atoms in total. The number of aliphatic carboxylic acids is 1. The second-order valence-electron chi connectivity index (χ2n) is 3.56. The minimum absolute atomic E-state index is 0.165. The molecule has 0 radical (unpaired) electrons. The third-order valence-electron chi connectivity index (χ3n) is 2.52. The standard InChI is InChI=1S/C11H9ClFNO2/c1-14-9-4-6(13)2-3-7(9)8(11(14)12)5-10(15)16/h2-4H,5H2,1H3,(H,15,16). The van der Waals surface area contributed by atoms with Crippen molar-refractivity contribution in [1.82, 2.24) is 4.57 Å². The van der Waals surface area contributed by atoms with Crippen LogP contribution >= 0.6 is 11.6 Å². The van der Waals surface area contributed by atoms with Gasteiger partial charge >= 0.3 is 5.97 Å². The fraction of sp³-hybridized carbons (Fsp3) is 0.182. The van der Waals surface area contributed by atoms with Crippen LogP contribution in [-0.4, -0.2) is 15.6 Å². The molecule has 0 amide bonds. The van der Waals surface area contributed by atoms with Crippen molar-refractivity contribution in [1.29, 1.82) is 0 Å². The number of hydrogen-bond donors (Lipinski definition) is 1. The Morgan fingerprint density at radius 1 is 1.56 bits per heavy atom. The molecular formula is C11H9ClFNO2. The zero-order valence-electron chi connectivity index (χ0n) is 8.50. The lowest BCUT2D eigenvalue weighted by Gasteiger charge is -1.96. The first kappa shape index (κ1) is 11.0. The van der Waals surface area contributed by atoms with E-state index >= 15 is 0 Å². The molecule has 0 aliphatic rings. The number of benzene rings is 1. The molecule has 1 aromatic carbocycles. The molecule has 2 rings (SSSR count). The molecule has 0 spiro atoms. The SMILES string of the molecule is Cn1c(Cl)c(CC(=O)O)c2ccc(F)cc21. The number of aromatic nitrogens is 1. The summed E-state index contributed by atoms with van der Waals surface area (Å²) in [4.78, 5) is 10.7. The van der Waals surface area contributed by atoms with Crippen molar-refractivity contribution in [2.24, 2.45) is 7.05 Å². The normalized spacial score (nSPS) is 10.9. The van der Waals surface area contributed by atoms with Gasteiger partial charge in [0.15, 0.2) is 0 Å². The van der Waals surface area contributed by atoms with E-state index in [1.165, 1.54) is 12.1 Å². The van der Waals surface area contributed by atoms with E-state index in [2.05, 4.69) is 0 Å². The molecule has 0 atom stereocenters. The first-order valence-electron chi connectivity index (χ1n) is 4.65. The number of carbonyl (C=O) groups is 1. The number of rotatable bonds is 2. The third kappa shape index (κ3) is 1.65. The van der Waals surface area contributed by atoms with Crippen molar-refractivity contribution in [3.05, 3.63) is 34.7 Å². The van der Waals surface area contributed by atoms with Gasteiger partial charge in [0.2, 0.25) is 0 Å². The molecule has 1 heterocycles. The Hall–Kier alpha value is -1.55. The number of carboxylic acids is 1. The zero-order valence-corrected chi connectivity index (χ0v) is 9.25. The lowest BCUT2D eigenvalue weighted by molar-refractivity contribution is -0.136. The second-order valence-corrected chi connectivity index (χ2v) is 3.92. The van der Waals surface area contributed by atoms with Gasteiger partial charge in [-0.2, -0.15) is 0 Å². The summed E-state index contributed by atoms with van der Waals surface area (Å²) in [5.74, 6) is -1.33. The van der Waals surface area contributed by atoms with Crippen LogP contribution in [0.2, 0.25) is 5.15 Å². The highest BCUT2D eigenvalue weighted by Crippen LogP contribution is 2.29. The van der Waals surface area contributed by atoms with Crippen molar-refractivity contribution in [2.45, 2.75) is 6.42 Å². The Kier molecular flexibility index (Phi) is 2.59. The summed E-state index contributed by atoms with van der Waals surface area (Å²) in [5, 5.41) is 9.79. The minimum atomic E-state index is -0.960. The lowest BCUT2D eigenvalue weighted by atomic mass is 10.1. The van der Waals surface area contributed by atoms with Crippen molar-refractivity contribution >= 4 is 28.5 Å². The Balaban J connectivity index is 2.73. The van der Waals surface area contributed by atoms with E-state index in [0.717, 1.165) is 0 Å². The highest BCUT2D eigenvalue weighted by molar-refractivity contribution is 6.32. The maximum Gasteiger partial charge on any atom is 0.307 e. The summed E-state index contributed by atoms with van der Waals surface area (Å²) in [5.41, 5.74) is 1.12. The molecule has 16 heavy (non-hydrogen) atoms. The lowest BCUT2D eigenvalue weighted by Crippen LogP contribution is -2.00. The van der Waals surface area contributed by atoms with Crippen LogP contribution in [-0.2, 0) is 18.3 Å². The van der Waals surface area contributed by atoms with Crippen LogP contribution in [0.25, 0.3) is 10.9 Å². The molecule has 84 valence electrons. The molecule has 0 saturated carbocycles. The number of hydrogen-bond acceptors (Lipinski definition) is 1. The van der Waals surface area contributed by atoms with Crippen LogP contribution in [0.4, 0.5) is 4.39 Å². The fourth-order valence-corrected chi connectivity index (χ4v) is 2.04. The summed E-state index contributed by atoms with van der Waals surface area (Å²) in [6, 6.07) is 4.19. The van der Waals surface area contributed by atoms with Crippen LogP contribution in [0.1, 0.15) is 5.56 Å². The molecular weight excluding hydrogens is 233 g/mol. The van der Waals surface area contributed by atoms with Gasteiger partial charge in [0.25, 0.3) is 0 Å². The monoisotopic (exact) mass is 241 g/mol. The summed E-state index contributed by atoms with van der Waals surface area (Å²) >= 11 is 6.01. The Labute approximate surface area is 96.1 Å². The van der Waals surface area contributed by atoms with E-state index in [1.54, 1.807) is 17.7 Å². The van der Waals surface area contributed by atoms with Crippen molar-refractivity contribution in [2.75, 3.05) is 0 Å². The molecule has 1 N–H and O–H groups in total. The molecule has 0 unspecified atom stereocenters. The summed E-state index contributed by atoms with van der Waals surface area (Å²) in [6.45, 7) is 0. The van der Waals surface area contributed by atoms with E-state index in [9.17, 15) is 9.18 Å². The fourth-order valence-electron chi connectivity index (χ4n) is 1.78. The van der Waals surface area contributed by atoms with Crippen molar-refractivity contribution in [3.8, 4) is 0 Å². The van der Waals surface area contributed by atoms with Gasteiger partial charge in [-0.05, 0) is 18.2 Å². The van der Waals surface area contributed by atoms with Gasteiger partial charge in [-0.1, -0.05) is 11.6 Å². The Morgan fingerprint density at radius 3 is 2.88 bits per heavy atom. The quantitative estimate of drug-likeness (QED) is 0.878. The van der Waals surface area contributed by atoms with Gasteiger partial charge in [0, 0.05) is 18.0 Å². The summed E-state index contributed by atoms with van der Waals surface area (Å²) < 4.78 is 14.6. The van der Waals surface area contributed by atoms with Gasteiger partial charge in [0.1, 0.15) is 11.0 Å². The number of halogens is 2. The van der Waals surface area contributed by atoms with E-state index in [4.69, 9.17) is 16.7 Å². The average Bonchev–Trinajstić information content (AvgIpc) is 2.43. The molecule has 0 bridgehead atoms. The van der Waals surface area contributed by atoms with E-state index in [0.29, 0.717) is 21.6 Å². The average molecular weight is 242 g/mol. The predicted molar refractivity (Wildman–Crippen MR) is 59.2 cm³/mol. The molecule has 5 heteroatoms. The smallest absolute Gasteiger partial charge is 0.307 e. The highest BCUT2D eigenvalue weighted by Gasteiger charge is 2.16. The number of aryl methyl sites for hydroxylation is 1. The minimum Gasteiger partial charge on any atom is -0.481 e. The van der Waals surface area contributed by atoms with Gasteiger partial charge in [-0.15, -0.1) is 0 Å². The highest BCUT2D eigenvalue weighted by atomic mass is 35.5. The van der Waals surface area contributed by atoms with Crippen LogP contribution in [0.15, 0.2) is 18.2 Å². The predicted octanol–water partition coefficient (Wildman–Crippen LogP) is 2.60. The molecule has 0 saturated heterocycles. The van der Waals surface area contributed by atoms with E-state index in [1.807, 2.05) is 0 Å². The zero-order chi connectivity index (χ0) is 11.9. The molecule has 0 fully saturated rings. The molecule has 0 aliphatic heterocycles. The summed E-state index contributed by atoms with van der Waals surface area (Å²) in [7, 11) is 1.68. The summed E-state index contributed by atoms with van der Waals surface area (Å²) in [6.07, 6.45) is -0.165. The Bertz CT molecular complexity index is 577. The van der Waals surface area contributed by atoms with Crippen LogP contribution in [0.5, 0.6) is 0 Å². The number of fused-ring (bicyclic) bond motifs is 1. The second kappa shape index (κ2) is 3.79. The van der Waals surface area contributed by atoms with E-state index in [-0.39, 0.29) is 12.2 Å². The maximum absolute atomic E-state index is 13.0. The first-order chi connectivity index (χ1) is 7.50. The van der Waals surface area contributed by atoms with Crippen molar-refractivity contribution in [3.63, 3.8) is 0 Å². The largest absolute Gasteiger partial charge is 0.481 e.